The van der Waals surface area contributed by atoms with Crippen LogP contribution in [0.4, 0.5) is 16.3 Å². The third-order valence-electron chi connectivity index (χ3n) is 14.1. The van der Waals surface area contributed by atoms with Gasteiger partial charge in [0, 0.05) is 61.8 Å². The zero-order chi connectivity index (χ0) is 55.7. The number of hydrogen-bond donors (Lipinski definition) is 5. The van der Waals surface area contributed by atoms with Crippen LogP contribution in [0.1, 0.15) is 75.3 Å². The molecule has 2 aliphatic rings. The molecule has 2 fully saturated rings. The van der Waals surface area contributed by atoms with Gasteiger partial charge in [-0.05, 0) is 84.5 Å². The Hall–Kier alpha value is -7.54. The second kappa shape index (κ2) is 27.9. The van der Waals surface area contributed by atoms with Gasteiger partial charge in [-0.25, -0.2) is 14.8 Å². The maximum atomic E-state index is 14.0. The van der Waals surface area contributed by atoms with Crippen molar-refractivity contribution in [1.82, 2.24) is 40.6 Å². The van der Waals surface area contributed by atoms with Gasteiger partial charge in [0.1, 0.15) is 30.6 Å². The average molecular weight is 1090 g/mol. The van der Waals surface area contributed by atoms with Gasteiger partial charge in [0.25, 0.3) is 0 Å². The van der Waals surface area contributed by atoms with Gasteiger partial charge in [-0.2, -0.15) is 10.4 Å². The van der Waals surface area contributed by atoms with E-state index in [9.17, 15) is 24.3 Å². The SMILES string of the molecule is Cc1ncsc1-c1ccc(CNC(=O)[C@@H]2C[C@@H](O)CN2C(=O)[C@@H](NC(=O)COCCOCCOCCn2cc(-c3ccc(N(C(=O)NCc4ccccc4)C4CCC(Nc5ccc(C#N)cn5)CC4)cc3)cn2)C(C)(C)C)cc1. The molecular formula is C59H71N11O8S. The van der Waals surface area contributed by atoms with E-state index in [0.717, 1.165) is 75.6 Å². The first-order chi connectivity index (χ1) is 38.2. The smallest absolute Gasteiger partial charge is 0.322 e. The average Bonchev–Trinajstić information content (AvgIpc) is 4.29. The van der Waals surface area contributed by atoms with Crippen LogP contribution in [0.3, 0.4) is 0 Å². The maximum absolute atomic E-state index is 14.0. The molecule has 3 atom stereocenters. The van der Waals surface area contributed by atoms with E-state index in [2.05, 4.69) is 42.4 Å². The standard InChI is InChI=1S/C59H71N11O8S/c1-40-54(79-39-64-40)45-13-10-42(11-14-45)32-62-56(73)51-30-50(71)37-69(51)57(74)55(59(2,3)4)67-53(72)38-78-29-28-77-27-26-76-25-24-68-36-46(35-65-68)44-15-19-48(20-16-44)70(58(75)63-33-41-8-6-5-7-9-41)49-21-17-47(18-22-49)66-52-23-12-43(31-60)34-61-52/h5-16,19-20,23,34-36,39,47,49-51,55,71H,17-18,21-22,24-30,32-33,37-38H2,1-4H3,(H,61,66)(H,62,73)(H,63,75)(H,67,72)/t47?,49?,50-,51+,55-/m1/s1. The summed E-state index contributed by atoms with van der Waals surface area (Å²) in [5.74, 6) is -0.578. The number of aryl methyl sites for hydroxylation is 1. The maximum Gasteiger partial charge on any atom is 0.322 e. The highest BCUT2D eigenvalue weighted by molar-refractivity contribution is 7.13. The molecule has 4 heterocycles. The van der Waals surface area contributed by atoms with Crippen molar-refractivity contribution in [2.45, 2.75) is 110 Å². The van der Waals surface area contributed by atoms with Crippen molar-refractivity contribution in [3.63, 3.8) is 0 Å². The molecule has 1 aliphatic heterocycles. The number of benzene rings is 3. The highest BCUT2D eigenvalue weighted by atomic mass is 32.1. The quantitative estimate of drug-likeness (QED) is 0.0376. The van der Waals surface area contributed by atoms with Gasteiger partial charge in [-0.15, -0.1) is 11.3 Å². The van der Waals surface area contributed by atoms with E-state index >= 15 is 0 Å². The Kier molecular flexibility index (Phi) is 20.3. The number of carbonyl (C=O) groups is 4. The third kappa shape index (κ3) is 16.3. The van der Waals surface area contributed by atoms with Crippen LogP contribution in [0.2, 0.25) is 0 Å². The van der Waals surface area contributed by atoms with E-state index in [1.54, 1.807) is 23.6 Å². The summed E-state index contributed by atoms with van der Waals surface area (Å²) < 4.78 is 18.9. The van der Waals surface area contributed by atoms with Crippen molar-refractivity contribution in [3.8, 4) is 27.6 Å². The van der Waals surface area contributed by atoms with Crippen molar-refractivity contribution in [2.75, 3.05) is 56.4 Å². The van der Waals surface area contributed by atoms with Crippen LogP contribution in [0, 0.1) is 23.7 Å². The molecule has 6 aromatic rings. The second-order valence-corrected chi connectivity index (χ2v) is 21.8. The molecule has 0 spiro atoms. The van der Waals surface area contributed by atoms with E-state index in [0.29, 0.717) is 38.5 Å². The summed E-state index contributed by atoms with van der Waals surface area (Å²) in [6.45, 7) is 9.78. The van der Waals surface area contributed by atoms with Gasteiger partial charge < -0.3 is 45.5 Å². The first kappa shape index (κ1) is 57.6. The molecule has 19 nitrogen and oxygen atoms in total. The van der Waals surface area contributed by atoms with E-state index in [-0.39, 0.29) is 63.4 Å². The normalized spacial score (nSPS) is 17.6. The predicted octanol–water partition coefficient (Wildman–Crippen LogP) is 7.25. The number of thiazole rings is 1. The van der Waals surface area contributed by atoms with E-state index in [1.807, 2.05) is 140 Å². The number of nitriles is 1. The number of amides is 5. The fourth-order valence-electron chi connectivity index (χ4n) is 9.78. The number of ether oxygens (including phenoxy) is 3. The lowest BCUT2D eigenvalue weighted by molar-refractivity contribution is -0.144. The van der Waals surface area contributed by atoms with E-state index < -0.39 is 35.4 Å². The second-order valence-electron chi connectivity index (χ2n) is 21.0. The summed E-state index contributed by atoms with van der Waals surface area (Å²) in [6, 6.07) is 29.6. The summed E-state index contributed by atoms with van der Waals surface area (Å²) in [4.78, 5) is 67.5. The Labute approximate surface area is 465 Å². The van der Waals surface area contributed by atoms with Crippen LogP contribution in [0.25, 0.3) is 21.6 Å². The number of hydrogen-bond acceptors (Lipinski definition) is 14. The van der Waals surface area contributed by atoms with Crippen molar-refractivity contribution >= 4 is 46.6 Å². The number of pyridine rings is 1. The number of aliphatic hydroxyl groups is 1. The first-order valence-corrected chi connectivity index (χ1v) is 27.7. The summed E-state index contributed by atoms with van der Waals surface area (Å²) in [6.07, 6.45) is 7.89. The Morgan fingerprint density at radius 3 is 2.16 bits per heavy atom. The lowest BCUT2D eigenvalue weighted by Gasteiger charge is -2.37. The van der Waals surface area contributed by atoms with Gasteiger partial charge in [0.2, 0.25) is 17.7 Å². The number of nitrogens with zero attached hydrogens (tertiary/aromatic N) is 7. The van der Waals surface area contributed by atoms with Crippen LogP contribution in [-0.4, -0.2) is 130 Å². The lowest BCUT2D eigenvalue weighted by atomic mass is 9.85. The van der Waals surface area contributed by atoms with Crippen LogP contribution >= 0.6 is 11.3 Å². The molecule has 1 saturated carbocycles. The van der Waals surface area contributed by atoms with E-state index in [1.165, 1.54) is 4.90 Å². The zero-order valence-electron chi connectivity index (χ0n) is 45.3. The minimum Gasteiger partial charge on any atom is -0.391 e. The highest BCUT2D eigenvalue weighted by Gasteiger charge is 2.44. The Morgan fingerprint density at radius 1 is 0.810 bits per heavy atom. The monoisotopic (exact) mass is 1090 g/mol. The molecule has 5 N–H and O–H groups in total. The molecule has 416 valence electrons. The number of urea groups is 1. The number of carbonyl (C=O) groups excluding carboxylic acids is 4. The van der Waals surface area contributed by atoms with Crippen LogP contribution in [-0.2, 0) is 48.2 Å². The van der Waals surface area contributed by atoms with Crippen molar-refractivity contribution in [1.29, 1.82) is 5.26 Å². The van der Waals surface area contributed by atoms with Crippen molar-refractivity contribution in [2.24, 2.45) is 5.41 Å². The van der Waals surface area contributed by atoms with Gasteiger partial charge in [0.05, 0.1) is 73.5 Å². The summed E-state index contributed by atoms with van der Waals surface area (Å²) in [5.41, 5.74) is 8.25. The summed E-state index contributed by atoms with van der Waals surface area (Å²) in [7, 11) is 0. The first-order valence-electron chi connectivity index (χ1n) is 26.9. The Balaban J connectivity index is 0.724. The summed E-state index contributed by atoms with van der Waals surface area (Å²) >= 11 is 1.57. The predicted molar refractivity (Wildman–Crippen MR) is 302 cm³/mol. The zero-order valence-corrected chi connectivity index (χ0v) is 46.1. The number of aromatic nitrogens is 4. The number of aliphatic hydroxyl groups excluding tert-OH is 1. The van der Waals surface area contributed by atoms with Gasteiger partial charge in [0.15, 0.2) is 0 Å². The molecule has 3 aromatic heterocycles. The lowest BCUT2D eigenvalue weighted by Crippen LogP contribution is -2.58. The molecule has 1 aliphatic carbocycles. The third-order valence-corrected chi connectivity index (χ3v) is 15.1. The molecule has 8 rings (SSSR count). The molecule has 0 unspecified atom stereocenters. The number of likely N-dealkylation sites (tertiary alicyclic amines) is 1. The molecular weight excluding hydrogens is 1020 g/mol. The minimum absolute atomic E-state index is 0.00142. The largest absolute Gasteiger partial charge is 0.391 e. The Morgan fingerprint density at radius 2 is 1.49 bits per heavy atom. The topological polar surface area (TPSA) is 238 Å². The fourth-order valence-corrected chi connectivity index (χ4v) is 10.6. The van der Waals surface area contributed by atoms with Gasteiger partial charge in [-0.3, -0.25) is 24.0 Å². The summed E-state index contributed by atoms with van der Waals surface area (Å²) in [5, 5.41) is 36.6. The molecule has 3 aromatic carbocycles. The number of rotatable bonds is 24. The van der Waals surface area contributed by atoms with Gasteiger partial charge in [-0.1, -0.05) is 87.5 Å². The van der Waals surface area contributed by atoms with E-state index in [4.69, 9.17) is 19.5 Å². The van der Waals surface area contributed by atoms with Crippen LogP contribution in [0.15, 0.2) is 115 Å². The van der Waals surface area contributed by atoms with Crippen molar-refractivity contribution < 1.29 is 38.5 Å². The molecule has 5 amide bonds. The van der Waals surface area contributed by atoms with Crippen molar-refractivity contribution in [3.05, 3.63) is 137 Å². The number of nitrogens with one attached hydrogen (secondary N) is 4. The molecule has 1 saturated heterocycles. The molecule has 0 radical (unpaired) electrons. The highest BCUT2D eigenvalue weighted by Crippen LogP contribution is 2.32. The number of β-amino-alcohol motifs (C(OH)–C–C–N with tert-alkyl or cyclic N) is 1. The molecule has 79 heavy (non-hydrogen) atoms. The van der Waals surface area contributed by atoms with Crippen LogP contribution < -0.4 is 26.2 Å². The minimum atomic E-state index is -0.976. The fraction of sp³-hybridized carbons (Fsp3) is 0.424. The number of anilines is 2. The Bertz CT molecular complexity index is 2970. The van der Waals surface area contributed by atoms with Crippen LogP contribution in [0.5, 0.6) is 0 Å². The van der Waals surface area contributed by atoms with Gasteiger partial charge >= 0.3 is 6.03 Å². The molecule has 0 bridgehead atoms. The molecule has 20 heteroatoms.